The first-order valence-electron chi connectivity index (χ1n) is 10.8. The highest BCUT2D eigenvalue weighted by molar-refractivity contribution is 7.96. The Morgan fingerprint density at radius 2 is 1.69 bits per heavy atom. The Labute approximate surface area is 191 Å². The number of benzene rings is 2. The normalized spacial score (nSPS) is 18.7. The molecule has 0 atom stereocenters. The summed E-state index contributed by atoms with van der Waals surface area (Å²) in [5.41, 5.74) is 8.87. The molecule has 7 nitrogen and oxygen atoms in total. The summed E-state index contributed by atoms with van der Waals surface area (Å²) < 4.78 is 11.5. The van der Waals surface area contributed by atoms with Crippen molar-refractivity contribution in [2.75, 3.05) is 12.0 Å². The highest BCUT2D eigenvalue weighted by Crippen LogP contribution is 2.36. The molecule has 0 saturated heterocycles. The summed E-state index contributed by atoms with van der Waals surface area (Å²) >= 11 is 1.69. The van der Waals surface area contributed by atoms with E-state index in [-0.39, 0.29) is 0 Å². The third kappa shape index (κ3) is 4.16. The molecular weight excluding hydrogens is 420 g/mol. The minimum atomic E-state index is 0.307. The average molecular weight is 447 g/mol. The highest BCUT2D eigenvalue weighted by Gasteiger charge is 2.26. The summed E-state index contributed by atoms with van der Waals surface area (Å²) in [6.45, 7) is 0. The highest BCUT2D eigenvalue weighted by atomic mass is 32.2. The first-order chi connectivity index (χ1) is 15.7. The molecule has 0 radical (unpaired) electrons. The molecule has 0 spiro atoms. The number of hydrogen-bond donors (Lipinski definition) is 2. The Kier molecular flexibility index (Phi) is 5.96. The number of fused-ring (bicyclic) bond motifs is 1. The van der Waals surface area contributed by atoms with Crippen LogP contribution in [0.2, 0.25) is 0 Å². The van der Waals surface area contributed by atoms with E-state index in [1.54, 1.807) is 11.9 Å². The van der Waals surface area contributed by atoms with E-state index in [1.165, 1.54) is 6.33 Å². The Morgan fingerprint density at radius 3 is 2.41 bits per heavy atom. The first-order valence-corrected chi connectivity index (χ1v) is 12.1. The number of rotatable bonds is 6. The Balaban J connectivity index is 1.45. The zero-order valence-electron chi connectivity index (χ0n) is 17.9. The van der Waals surface area contributed by atoms with Crippen LogP contribution in [0.3, 0.4) is 0 Å². The van der Waals surface area contributed by atoms with Gasteiger partial charge in [0.25, 0.3) is 0 Å². The van der Waals surface area contributed by atoms with Gasteiger partial charge in [-0.3, -0.25) is 4.72 Å². The molecule has 0 unspecified atom stereocenters. The lowest BCUT2D eigenvalue weighted by Crippen LogP contribution is -2.29. The van der Waals surface area contributed by atoms with Crippen molar-refractivity contribution in [3.05, 3.63) is 60.9 Å². The molecule has 1 aliphatic rings. The third-order valence-electron chi connectivity index (χ3n) is 5.95. The molecule has 5 rings (SSSR count). The molecule has 2 aromatic carbocycles. The molecular formula is C24H26N6OS. The summed E-state index contributed by atoms with van der Waals surface area (Å²) in [6.07, 6.45) is 7.96. The van der Waals surface area contributed by atoms with Gasteiger partial charge in [0, 0.05) is 11.6 Å². The Morgan fingerprint density at radius 1 is 0.969 bits per heavy atom. The van der Waals surface area contributed by atoms with E-state index in [0.29, 0.717) is 17.9 Å². The predicted molar refractivity (Wildman–Crippen MR) is 130 cm³/mol. The predicted octanol–water partition coefficient (Wildman–Crippen LogP) is 5.22. The van der Waals surface area contributed by atoms with Crippen molar-refractivity contribution in [3.8, 4) is 22.8 Å². The monoisotopic (exact) mass is 446 g/mol. The molecule has 4 aromatic rings. The van der Waals surface area contributed by atoms with Gasteiger partial charge in [-0.2, -0.15) is 5.10 Å². The van der Waals surface area contributed by atoms with E-state index < -0.39 is 0 Å². The zero-order valence-corrected chi connectivity index (χ0v) is 18.8. The van der Waals surface area contributed by atoms with E-state index in [1.807, 2.05) is 54.6 Å². The van der Waals surface area contributed by atoms with Crippen molar-refractivity contribution in [1.29, 1.82) is 0 Å². The summed E-state index contributed by atoms with van der Waals surface area (Å²) in [7, 11) is 0. The van der Waals surface area contributed by atoms with E-state index in [4.69, 9.17) is 15.6 Å². The number of nitrogen functional groups attached to an aromatic ring is 1. The van der Waals surface area contributed by atoms with Crippen LogP contribution in [0.15, 0.2) is 60.9 Å². The van der Waals surface area contributed by atoms with Crippen LogP contribution in [0.1, 0.15) is 31.7 Å². The number of nitrogens with zero attached hydrogens (tertiary/aromatic N) is 4. The maximum absolute atomic E-state index is 6.29. The Hall–Kier alpha value is -3.10. The van der Waals surface area contributed by atoms with Gasteiger partial charge in [0.15, 0.2) is 5.65 Å². The molecule has 2 heterocycles. The van der Waals surface area contributed by atoms with Crippen LogP contribution in [0, 0.1) is 0 Å². The van der Waals surface area contributed by atoms with Crippen molar-refractivity contribution in [1.82, 2.24) is 24.5 Å². The van der Waals surface area contributed by atoms with E-state index in [9.17, 15) is 0 Å². The fraction of sp³-hybridized carbons (Fsp3) is 0.292. The number of anilines is 1. The van der Waals surface area contributed by atoms with Gasteiger partial charge in [0.1, 0.15) is 29.3 Å². The molecule has 0 aliphatic heterocycles. The molecule has 164 valence electrons. The molecule has 1 aliphatic carbocycles. The van der Waals surface area contributed by atoms with Crippen LogP contribution in [0.5, 0.6) is 11.5 Å². The van der Waals surface area contributed by atoms with Gasteiger partial charge in [-0.25, -0.2) is 14.6 Å². The number of ether oxygens (including phenoxy) is 1. The van der Waals surface area contributed by atoms with Crippen LogP contribution in [-0.2, 0) is 0 Å². The number of nitrogens with one attached hydrogen (secondary N) is 1. The maximum Gasteiger partial charge on any atom is 0.164 e. The van der Waals surface area contributed by atoms with E-state index in [0.717, 1.165) is 59.5 Å². The summed E-state index contributed by atoms with van der Waals surface area (Å²) in [5, 5.41) is 5.81. The molecule has 32 heavy (non-hydrogen) atoms. The summed E-state index contributed by atoms with van der Waals surface area (Å²) in [5.74, 6) is 2.03. The van der Waals surface area contributed by atoms with Crippen LogP contribution >= 0.6 is 11.9 Å². The van der Waals surface area contributed by atoms with Crippen LogP contribution in [0.4, 0.5) is 5.82 Å². The third-order valence-corrected chi connectivity index (χ3v) is 6.52. The number of aromatic nitrogens is 4. The van der Waals surface area contributed by atoms with Gasteiger partial charge < -0.3 is 10.5 Å². The van der Waals surface area contributed by atoms with E-state index >= 15 is 0 Å². The lowest BCUT2D eigenvalue weighted by molar-refractivity contribution is 0.302. The molecule has 1 fully saturated rings. The van der Waals surface area contributed by atoms with Crippen molar-refractivity contribution in [2.24, 2.45) is 0 Å². The number of hydrogen-bond acceptors (Lipinski definition) is 7. The second-order valence-electron chi connectivity index (χ2n) is 8.02. The lowest BCUT2D eigenvalue weighted by atomic mass is 9.92. The van der Waals surface area contributed by atoms with E-state index in [2.05, 4.69) is 25.6 Å². The van der Waals surface area contributed by atoms with Gasteiger partial charge in [-0.1, -0.05) is 30.1 Å². The van der Waals surface area contributed by atoms with Crippen LogP contribution in [-0.4, -0.2) is 32.0 Å². The zero-order chi connectivity index (χ0) is 21.9. The fourth-order valence-electron chi connectivity index (χ4n) is 4.36. The molecule has 3 N–H and O–H groups in total. The van der Waals surface area contributed by atoms with Gasteiger partial charge in [0.05, 0.1) is 11.4 Å². The first kappa shape index (κ1) is 20.8. The largest absolute Gasteiger partial charge is 0.457 e. The molecule has 0 bridgehead atoms. The molecule has 0 amide bonds. The van der Waals surface area contributed by atoms with Crippen molar-refractivity contribution >= 4 is 28.8 Å². The summed E-state index contributed by atoms with van der Waals surface area (Å²) in [6, 6.07) is 18.5. The second kappa shape index (κ2) is 9.18. The average Bonchev–Trinajstić information content (AvgIpc) is 3.22. The van der Waals surface area contributed by atoms with Gasteiger partial charge in [-0.15, -0.1) is 0 Å². The maximum atomic E-state index is 6.29. The van der Waals surface area contributed by atoms with Gasteiger partial charge in [-0.05, 0) is 68.3 Å². The van der Waals surface area contributed by atoms with Crippen molar-refractivity contribution in [2.45, 2.75) is 37.8 Å². The topological polar surface area (TPSA) is 90.9 Å². The lowest BCUT2D eigenvalue weighted by Gasteiger charge is -2.28. The number of para-hydroxylation sites is 1. The van der Waals surface area contributed by atoms with Crippen LogP contribution in [0.25, 0.3) is 22.3 Å². The minimum absolute atomic E-state index is 0.307. The van der Waals surface area contributed by atoms with Crippen molar-refractivity contribution < 1.29 is 4.74 Å². The standard InChI is InChI=1S/C24H26N6OS/c1-32-29-17-9-11-18(12-10-17)30-24-21(23(25)26-15-27-24)22(28-30)16-7-13-20(14-8-16)31-19-5-3-2-4-6-19/h2-8,13-15,17-18,29H,9-12H2,1H3,(H2,25,26,27). The second-order valence-corrected chi connectivity index (χ2v) is 8.66. The smallest absolute Gasteiger partial charge is 0.164 e. The minimum Gasteiger partial charge on any atom is -0.457 e. The quantitative estimate of drug-likeness (QED) is 0.392. The van der Waals surface area contributed by atoms with Crippen LogP contribution < -0.4 is 15.2 Å². The number of nitrogens with two attached hydrogens (primary N) is 1. The van der Waals surface area contributed by atoms with Gasteiger partial charge in [0.2, 0.25) is 0 Å². The summed E-state index contributed by atoms with van der Waals surface area (Å²) in [4.78, 5) is 8.79. The Bertz CT molecular complexity index is 1190. The fourth-order valence-corrected chi connectivity index (χ4v) is 4.93. The van der Waals surface area contributed by atoms with Crippen molar-refractivity contribution in [3.63, 3.8) is 0 Å². The SMILES string of the molecule is CSNC1CCC(n2nc(-c3ccc(Oc4ccccc4)cc3)c3c(N)ncnc32)CC1. The molecule has 8 heteroatoms. The molecule has 2 aromatic heterocycles. The molecule has 1 saturated carbocycles. The van der Waals surface area contributed by atoms with Gasteiger partial charge >= 0.3 is 0 Å².